The predicted molar refractivity (Wildman–Crippen MR) is 76.1 cm³/mol. The van der Waals surface area contributed by atoms with Crippen molar-refractivity contribution in [3.8, 4) is 11.6 Å². The van der Waals surface area contributed by atoms with E-state index in [-0.39, 0.29) is 0 Å². The summed E-state index contributed by atoms with van der Waals surface area (Å²) in [5.74, 6) is 1.08. The molecule has 0 amide bonds. The molecule has 0 unspecified atom stereocenters. The molecule has 0 fully saturated rings. The van der Waals surface area contributed by atoms with E-state index in [1.807, 2.05) is 19.1 Å². The fourth-order valence-electron chi connectivity index (χ4n) is 1.44. The summed E-state index contributed by atoms with van der Waals surface area (Å²) < 4.78 is 6.58. The van der Waals surface area contributed by atoms with Gasteiger partial charge in [0.2, 0.25) is 5.88 Å². The lowest BCUT2D eigenvalue weighted by molar-refractivity contribution is 0.462. The summed E-state index contributed by atoms with van der Waals surface area (Å²) in [7, 11) is 0. The van der Waals surface area contributed by atoms with Crippen LogP contribution in [-0.2, 0) is 6.54 Å². The fraction of sp³-hybridized carbons (Fsp3) is 0.154. The minimum atomic E-state index is 0.454. The number of benzene rings is 1. The lowest BCUT2D eigenvalue weighted by Crippen LogP contribution is -1.96. The molecule has 0 radical (unpaired) electrons. The summed E-state index contributed by atoms with van der Waals surface area (Å²) in [6, 6.07) is 7.32. The largest absolute Gasteiger partial charge is 0.437 e. The van der Waals surface area contributed by atoms with Gasteiger partial charge in [0.05, 0.1) is 5.02 Å². The zero-order valence-electron chi connectivity index (χ0n) is 9.78. The Balaban J connectivity index is 2.25. The van der Waals surface area contributed by atoms with Gasteiger partial charge in [0.25, 0.3) is 0 Å². The second-order valence-electron chi connectivity index (χ2n) is 3.84. The zero-order valence-corrected chi connectivity index (χ0v) is 12.1. The van der Waals surface area contributed by atoms with Crippen LogP contribution in [0.25, 0.3) is 0 Å². The third-order valence-electron chi connectivity index (χ3n) is 2.47. The highest BCUT2D eigenvalue weighted by molar-refractivity contribution is 9.10. The second kappa shape index (κ2) is 5.69. The van der Waals surface area contributed by atoms with E-state index in [1.54, 1.807) is 18.3 Å². The van der Waals surface area contributed by atoms with Crippen molar-refractivity contribution < 1.29 is 4.74 Å². The van der Waals surface area contributed by atoms with Crippen LogP contribution in [0.3, 0.4) is 0 Å². The number of pyridine rings is 1. The summed E-state index contributed by atoms with van der Waals surface area (Å²) in [5.41, 5.74) is 7.56. The van der Waals surface area contributed by atoms with Crippen LogP contribution in [0.4, 0.5) is 0 Å². The van der Waals surface area contributed by atoms with E-state index in [0.717, 1.165) is 15.6 Å². The standard InChI is InChI=1S/C13H12BrClN2O/c1-8-4-13(17-7-10(8)14)18-12-3-2-9(6-16)5-11(12)15/h2-5,7H,6,16H2,1H3. The number of nitrogens with zero attached hydrogens (tertiary/aromatic N) is 1. The number of nitrogens with two attached hydrogens (primary N) is 1. The average molecular weight is 328 g/mol. The molecule has 5 heteroatoms. The van der Waals surface area contributed by atoms with Crippen LogP contribution < -0.4 is 10.5 Å². The van der Waals surface area contributed by atoms with Gasteiger partial charge in [-0.1, -0.05) is 17.7 Å². The van der Waals surface area contributed by atoms with Crippen molar-refractivity contribution in [3.05, 3.63) is 51.1 Å². The van der Waals surface area contributed by atoms with Gasteiger partial charge in [-0.3, -0.25) is 0 Å². The Morgan fingerprint density at radius 3 is 2.78 bits per heavy atom. The molecule has 2 aromatic rings. The number of hydrogen-bond acceptors (Lipinski definition) is 3. The van der Waals surface area contributed by atoms with E-state index in [4.69, 9.17) is 22.1 Å². The molecule has 1 aromatic carbocycles. The second-order valence-corrected chi connectivity index (χ2v) is 5.10. The van der Waals surface area contributed by atoms with Crippen LogP contribution in [0.15, 0.2) is 34.9 Å². The maximum atomic E-state index is 6.11. The van der Waals surface area contributed by atoms with Gasteiger partial charge in [0.1, 0.15) is 5.75 Å². The van der Waals surface area contributed by atoms with Gasteiger partial charge in [0, 0.05) is 23.3 Å². The van der Waals surface area contributed by atoms with E-state index in [2.05, 4.69) is 20.9 Å². The predicted octanol–water partition coefficient (Wildman–Crippen LogP) is 4.06. The summed E-state index contributed by atoms with van der Waals surface area (Å²) in [6.07, 6.45) is 1.70. The Labute approximate surface area is 119 Å². The Bertz CT molecular complexity index is 575. The third-order valence-corrected chi connectivity index (χ3v) is 3.59. The first kappa shape index (κ1) is 13.3. The Morgan fingerprint density at radius 2 is 2.17 bits per heavy atom. The number of halogens is 2. The van der Waals surface area contributed by atoms with Crippen LogP contribution in [0, 0.1) is 6.92 Å². The maximum Gasteiger partial charge on any atom is 0.219 e. The van der Waals surface area contributed by atoms with Gasteiger partial charge in [-0.25, -0.2) is 4.98 Å². The molecule has 0 spiro atoms. The first-order valence-corrected chi connectivity index (χ1v) is 6.55. The summed E-state index contributed by atoms with van der Waals surface area (Å²) in [6.45, 7) is 2.42. The SMILES string of the molecule is Cc1cc(Oc2ccc(CN)cc2Cl)ncc1Br. The number of aromatic nitrogens is 1. The first-order valence-electron chi connectivity index (χ1n) is 5.38. The Morgan fingerprint density at radius 1 is 1.39 bits per heavy atom. The van der Waals surface area contributed by atoms with Gasteiger partial charge in [-0.15, -0.1) is 0 Å². The van der Waals surface area contributed by atoms with E-state index in [9.17, 15) is 0 Å². The van der Waals surface area contributed by atoms with Crippen LogP contribution in [-0.4, -0.2) is 4.98 Å². The lowest BCUT2D eigenvalue weighted by atomic mass is 10.2. The lowest BCUT2D eigenvalue weighted by Gasteiger charge is -2.08. The highest BCUT2D eigenvalue weighted by Gasteiger charge is 2.06. The Kier molecular flexibility index (Phi) is 4.22. The van der Waals surface area contributed by atoms with Crippen molar-refractivity contribution in [2.24, 2.45) is 5.73 Å². The molecule has 0 saturated carbocycles. The molecule has 2 rings (SSSR count). The molecule has 0 saturated heterocycles. The van der Waals surface area contributed by atoms with Crippen molar-refractivity contribution in [2.45, 2.75) is 13.5 Å². The monoisotopic (exact) mass is 326 g/mol. The zero-order chi connectivity index (χ0) is 13.1. The van der Waals surface area contributed by atoms with Gasteiger partial charge in [-0.05, 0) is 46.1 Å². The van der Waals surface area contributed by atoms with Crippen molar-refractivity contribution in [3.63, 3.8) is 0 Å². The van der Waals surface area contributed by atoms with E-state index in [0.29, 0.717) is 23.2 Å². The molecule has 1 aromatic heterocycles. The molecule has 94 valence electrons. The minimum absolute atomic E-state index is 0.454. The smallest absolute Gasteiger partial charge is 0.219 e. The molecule has 3 nitrogen and oxygen atoms in total. The quantitative estimate of drug-likeness (QED) is 0.925. The van der Waals surface area contributed by atoms with Crippen molar-refractivity contribution in [1.29, 1.82) is 0 Å². The maximum absolute atomic E-state index is 6.11. The van der Waals surface area contributed by atoms with Crippen LogP contribution >= 0.6 is 27.5 Å². The molecule has 0 atom stereocenters. The van der Waals surface area contributed by atoms with Gasteiger partial charge in [-0.2, -0.15) is 0 Å². The Hall–Kier alpha value is -1.10. The molecule has 0 aliphatic heterocycles. The van der Waals surface area contributed by atoms with Crippen molar-refractivity contribution in [1.82, 2.24) is 4.98 Å². The van der Waals surface area contributed by atoms with Crippen molar-refractivity contribution in [2.75, 3.05) is 0 Å². The normalized spacial score (nSPS) is 10.4. The molecule has 2 N–H and O–H groups in total. The number of ether oxygens (including phenoxy) is 1. The molecular formula is C13H12BrClN2O. The van der Waals surface area contributed by atoms with Gasteiger partial charge in [0.15, 0.2) is 0 Å². The summed E-state index contributed by atoms with van der Waals surface area (Å²) in [4.78, 5) is 4.17. The van der Waals surface area contributed by atoms with Crippen LogP contribution in [0.5, 0.6) is 11.6 Å². The average Bonchev–Trinajstić information content (AvgIpc) is 2.36. The van der Waals surface area contributed by atoms with Crippen LogP contribution in [0.2, 0.25) is 5.02 Å². The molecule has 0 aliphatic rings. The molecule has 18 heavy (non-hydrogen) atoms. The molecule has 1 heterocycles. The van der Waals surface area contributed by atoms with E-state index in [1.165, 1.54) is 0 Å². The summed E-state index contributed by atoms with van der Waals surface area (Å²) >= 11 is 9.50. The summed E-state index contributed by atoms with van der Waals surface area (Å²) in [5, 5.41) is 0.528. The third kappa shape index (κ3) is 3.02. The fourth-order valence-corrected chi connectivity index (χ4v) is 1.89. The van der Waals surface area contributed by atoms with Crippen LogP contribution in [0.1, 0.15) is 11.1 Å². The highest BCUT2D eigenvalue weighted by Crippen LogP contribution is 2.30. The first-order chi connectivity index (χ1) is 8.60. The molecule has 0 aliphatic carbocycles. The molecular weight excluding hydrogens is 316 g/mol. The number of aryl methyl sites for hydroxylation is 1. The number of hydrogen-bond donors (Lipinski definition) is 1. The van der Waals surface area contributed by atoms with Gasteiger partial charge < -0.3 is 10.5 Å². The van der Waals surface area contributed by atoms with Crippen molar-refractivity contribution >= 4 is 27.5 Å². The topological polar surface area (TPSA) is 48.1 Å². The molecule has 0 bridgehead atoms. The highest BCUT2D eigenvalue weighted by atomic mass is 79.9. The minimum Gasteiger partial charge on any atom is -0.437 e. The van der Waals surface area contributed by atoms with Gasteiger partial charge >= 0.3 is 0 Å². The van der Waals surface area contributed by atoms with E-state index < -0.39 is 0 Å². The van der Waals surface area contributed by atoms with E-state index >= 15 is 0 Å². The number of rotatable bonds is 3.